The lowest BCUT2D eigenvalue weighted by molar-refractivity contribution is 0.0512. The number of nitrogens with one attached hydrogen (secondary N) is 2. The average Bonchev–Trinajstić information content (AvgIpc) is 3.44. The Labute approximate surface area is 174 Å². The first-order chi connectivity index (χ1) is 14.2. The van der Waals surface area contributed by atoms with Crippen LogP contribution in [0.4, 0.5) is 4.39 Å². The largest absolute Gasteiger partial charge is 0.381 e. The van der Waals surface area contributed by atoms with Gasteiger partial charge >= 0.3 is 0 Å². The zero-order chi connectivity index (χ0) is 20.1. The molecule has 29 heavy (non-hydrogen) atoms. The third kappa shape index (κ3) is 4.92. The van der Waals surface area contributed by atoms with Crippen LogP contribution in [0.2, 0.25) is 0 Å². The highest BCUT2D eigenvalue weighted by molar-refractivity contribution is 5.80. The maximum Gasteiger partial charge on any atom is 0.191 e. The van der Waals surface area contributed by atoms with Crippen LogP contribution in [-0.4, -0.2) is 62.8 Å². The molecular formula is C23H35FN4O. The molecule has 5 nitrogen and oxygen atoms in total. The van der Waals surface area contributed by atoms with Crippen molar-refractivity contribution in [1.29, 1.82) is 0 Å². The fourth-order valence-electron chi connectivity index (χ4n) is 5.30. The molecule has 2 saturated heterocycles. The summed E-state index contributed by atoms with van der Waals surface area (Å²) in [5.74, 6) is 0.680. The molecule has 0 bridgehead atoms. The molecule has 0 spiro atoms. The van der Waals surface area contributed by atoms with E-state index in [1.165, 1.54) is 44.7 Å². The van der Waals surface area contributed by atoms with Crippen LogP contribution in [0.5, 0.6) is 0 Å². The second kappa shape index (κ2) is 9.43. The highest BCUT2D eigenvalue weighted by atomic mass is 19.1. The van der Waals surface area contributed by atoms with Gasteiger partial charge in [0.15, 0.2) is 5.96 Å². The molecule has 3 aliphatic rings. The number of guanidine groups is 1. The Hall–Kier alpha value is -1.66. The van der Waals surface area contributed by atoms with Crippen molar-refractivity contribution in [3.05, 3.63) is 35.6 Å². The van der Waals surface area contributed by atoms with Crippen molar-refractivity contribution in [1.82, 2.24) is 15.5 Å². The lowest BCUT2D eigenvalue weighted by atomic mass is 9.74. The molecule has 4 rings (SSSR count). The van der Waals surface area contributed by atoms with Crippen LogP contribution < -0.4 is 10.6 Å². The predicted octanol–water partition coefficient (Wildman–Crippen LogP) is 3.06. The number of rotatable bonds is 5. The van der Waals surface area contributed by atoms with Gasteiger partial charge in [-0.15, -0.1) is 0 Å². The van der Waals surface area contributed by atoms with Crippen molar-refractivity contribution in [2.45, 2.75) is 62.4 Å². The van der Waals surface area contributed by atoms with Gasteiger partial charge in [-0.25, -0.2) is 4.39 Å². The third-order valence-corrected chi connectivity index (χ3v) is 7.11. The molecule has 1 saturated carbocycles. The van der Waals surface area contributed by atoms with Crippen molar-refractivity contribution in [3.63, 3.8) is 0 Å². The van der Waals surface area contributed by atoms with Crippen molar-refractivity contribution >= 4 is 5.96 Å². The van der Waals surface area contributed by atoms with Crippen LogP contribution in [-0.2, 0) is 10.2 Å². The van der Waals surface area contributed by atoms with E-state index in [1.54, 1.807) is 6.07 Å². The van der Waals surface area contributed by atoms with E-state index in [0.29, 0.717) is 19.3 Å². The summed E-state index contributed by atoms with van der Waals surface area (Å²) in [4.78, 5) is 7.13. The van der Waals surface area contributed by atoms with E-state index >= 15 is 0 Å². The normalized spacial score (nSPS) is 26.0. The lowest BCUT2D eigenvalue weighted by Crippen LogP contribution is -2.50. The SMILES string of the molecule is CN=C(NCC1(c2cccc(F)c2)CCOCC1)NC1CCN(C2CCCC2)C1. The maximum absolute atomic E-state index is 13.9. The number of likely N-dealkylation sites (tertiary alicyclic amines) is 1. The van der Waals surface area contributed by atoms with Gasteiger partial charge in [-0.1, -0.05) is 25.0 Å². The maximum atomic E-state index is 13.9. The summed E-state index contributed by atoms with van der Waals surface area (Å²) < 4.78 is 19.5. The van der Waals surface area contributed by atoms with Crippen molar-refractivity contribution < 1.29 is 9.13 Å². The summed E-state index contributed by atoms with van der Waals surface area (Å²) in [6, 6.07) is 8.28. The van der Waals surface area contributed by atoms with E-state index in [1.807, 2.05) is 19.2 Å². The Kier molecular flexibility index (Phi) is 6.70. The van der Waals surface area contributed by atoms with E-state index in [2.05, 4.69) is 20.5 Å². The van der Waals surface area contributed by atoms with E-state index in [4.69, 9.17) is 4.74 Å². The highest BCUT2D eigenvalue weighted by Gasteiger charge is 2.35. The monoisotopic (exact) mass is 402 g/mol. The zero-order valence-corrected chi connectivity index (χ0v) is 17.6. The summed E-state index contributed by atoms with van der Waals surface area (Å²) in [5.41, 5.74) is 0.931. The molecule has 2 aliphatic heterocycles. The van der Waals surface area contributed by atoms with Gasteiger partial charge in [-0.3, -0.25) is 9.89 Å². The van der Waals surface area contributed by atoms with Crippen molar-refractivity contribution in [2.75, 3.05) is 39.9 Å². The summed E-state index contributed by atoms with van der Waals surface area (Å²) >= 11 is 0. The number of hydrogen-bond acceptors (Lipinski definition) is 3. The van der Waals surface area contributed by atoms with Gasteiger partial charge in [0.2, 0.25) is 0 Å². The summed E-state index contributed by atoms with van der Waals surface area (Å²) in [6.45, 7) is 4.45. The third-order valence-electron chi connectivity index (χ3n) is 7.11. The van der Waals surface area contributed by atoms with E-state index < -0.39 is 0 Å². The quantitative estimate of drug-likeness (QED) is 0.587. The number of ether oxygens (including phenoxy) is 1. The molecule has 0 radical (unpaired) electrons. The molecule has 1 aromatic rings. The number of benzene rings is 1. The first kappa shape index (κ1) is 20.6. The summed E-state index contributed by atoms with van der Waals surface area (Å²) in [6.07, 6.45) is 8.43. The van der Waals surface area contributed by atoms with Gasteiger partial charge in [0, 0.05) is 57.4 Å². The topological polar surface area (TPSA) is 48.9 Å². The fourth-order valence-corrected chi connectivity index (χ4v) is 5.30. The first-order valence-electron chi connectivity index (χ1n) is 11.2. The first-order valence-corrected chi connectivity index (χ1v) is 11.2. The molecule has 3 fully saturated rings. The molecule has 0 aromatic heterocycles. The minimum absolute atomic E-state index is 0.121. The molecular weight excluding hydrogens is 367 g/mol. The van der Waals surface area contributed by atoms with Crippen molar-refractivity contribution in [2.24, 2.45) is 4.99 Å². The molecule has 2 N–H and O–H groups in total. The predicted molar refractivity (Wildman–Crippen MR) is 115 cm³/mol. The van der Waals surface area contributed by atoms with Crippen LogP contribution in [0, 0.1) is 5.82 Å². The Morgan fingerprint density at radius 2 is 2.03 bits per heavy atom. The number of nitrogens with zero attached hydrogens (tertiary/aromatic N) is 2. The van der Waals surface area contributed by atoms with Gasteiger partial charge in [-0.05, 0) is 49.8 Å². The highest BCUT2D eigenvalue weighted by Crippen LogP contribution is 2.34. The van der Waals surface area contributed by atoms with Crippen LogP contribution in [0.1, 0.15) is 50.5 Å². The molecule has 160 valence electrons. The second-order valence-electron chi connectivity index (χ2n) is 8.89. The standard InChI is InChI=1S/C23H35FN4O/c1-25-22(27-20-9-12-28(16-20)21-7-2-3-8-21)26-17-23(10-13-29-14-11-23)18-5-4-6-19(24)15-18/h4-6,15,20-21H,2-3,7-14,16-17H2,1H3,(H2,25,26,27). The molecule has 1 unspecified atom stereocenters. The van der Waals surface area contributed by atoms with Crippen LogP contribution in [0.25, 0.3) is 0 Å². The van der Waals surface area contributed by atoms with E-state index in [0.717, 1.165) is 43.5 Å². The fraction of sp³-hybridized carbons (Fsp3) is 0.696. The van der Waals surface area contributed by atoms with Crippen LogP contribution in [0.15, 0.2) is 29.3 Å². The van der Waals surface area contributed by atoms with E-state index in [9.17, 15) is 4.39 Å². The molecule has 0 amide bonds. The summed E-state index contributed by atoms with van der Waals surface area (Å²) in [7, 11) is 1.83. The zero-order valence-electron chi connectivity index (χ0n) is 17.6. The Balaban J connectivity index is 1.36. The Morgan fingerprint density at radius 1 is 1.24 bits per heavy atom. The molecule has 6 heteroatoms. The minimum atomic E-state index is -0.172. The van der Waals surface area contributed by atoms with Gasteiger partial charge < -0.3 is 15.4 Å². The molecule has 1 atom stereocenters. The number of aliphatic imine (C=N–C) groups is 1. The minimum Gasteiger partial charge on any atom is -0.381 e. The molecule has 1 aliphatic carbocycles. The smallest absolute Gasteiger partial charge is 0.191 e. The second-order valence-corrected chi connectivity index (χ2v) is 8.89. The van der Waals surface area contributed by atoms with Crippen LogP contribution >= 0.6 is 0 Å². The lowest BCUT2D eigenvalue weighted by Gasteiger charge is -2.38. The molecule has 1 aromatic carbocycles. The van der Waals surface area contributed by atoms with Crippen LogP contribution in [0.3, 0.4) is 0 Å². The Bertz CT molecular complexity index is 698. The van der Waals surface area contributed by atoms with Gasteiger partial charge in [0.05, 0.1) is 0 Å². The van der Waals surface area contributed by atoms with Gasteiger partial charge in [0.1, 0.15) is 5.82 Å². The van der Waals surface area contributed by atoms with E-state index in [-0.39, 0.29) is 11.2 Å². The summed E-state index contributed by atoms with van der Waals surface area (Å²) in [5, 5.41) is 7.18. The van der Waals surface area contributed by atoms with Gasteiger partial charge in [0.25, 0.3) is 0 Å². The molecule has 2 heterocycles. The van der Waals surface area contributed by atoms with Crippen molar-refractivity contribution in [3.8, 4) is 0 Å². The number of hydrogen-bond donors (Lipinski definition) is 2. The average molecular weight is 403 g/mol. The van der Waals surface area contributed by atoms with Gasteiger partial charge in [-0.2, -0.15) is 0 Å². The Morgan fingerprint density at radius 3 is 2.76 bits per heavy atom. The number of halogens is 1.